The standard InChI is InChI=1S/C56H34N2S/c1-3-17-36(18-4-1)52-43-25-11-12-26-44(43)53(48-31-30-35-16-7-8-21-38(35)54(48)52)45-33-32-41(39-22-9-10-23-40(39)45)49-34-50(58-56(57-49)37-19-5-2-6-20-37)47-28-15-27-46-42-24-13-14-29-51(42)59-55(46)47/h1-34H. The van der Waals surface area contributed by atoms with Crippen molar-refractivity contribution >= 4 is 74.6 Å². The Balaban J connectivity index is 1.14. The minimum atomic E-state index is 0.713. The van der Waals surface area contributed by atoms with Crippen molar-refractivity contribution < 1.29 is 0 Å². The highest BCUT2D eigenvalue weighted by atomic mass is 32.1. The average Bonchev–Trinajstić information content (AvgIpc) is 3.70. The Labute approximate surface area is 345 Å². The number of thiophene rings is 1. The lowest BCUT2D eigenvalue weighted by atomic mass is 9.82. The van der Waals surface area contributed by atoms with Gasteiger partial charge in [0.1, 0.15) is 0 Å². The van der Waals surface area contributed by atoms with Crippen molar-refractivity contribution in [2.75, 3.05) is 0 Å². The minimum Gasteiger partial charge on any atom is -0.228 e. The summed E-state index contributed by atoms with van der Waals surface area (Å²) >= 11 is 1.83. The molecule has 0 saturated carbocycles. The molecule has 0 atom stereocenters. The minimum absolute atomic E-state index is 0.713. The Kier molecular flexibility index (Phi) is 7.75. The number of hydrogen-bond donors (Lipinski definition) is 0. The van der Waals surface area contributed by atoms with Crippen LogP contribution < -0.4 is 0 Å². The Hall–Kier alpha value is -7.46. The van der Waals surface area contributed by atoms with Crippen LogP contribution in [0.5, 0.6) is 0 Å². The third-order valence-electron chi connectivity index (χ3n) is 11.9. The summed E-state index contributed by atoms with van der Waals surface area (Å²) in [7, 11) is 0. The van der Waals surface area contributed by atoms with E-state index in [1.807, 2.05) is 17.4 Å². The Morgan fingerprint density at radius 3 is 1.64 bits per heavy atom. The fourth-order valence-electron chi connectivity index (χ4n) is 9.27. The van der Waals surface area contributed by atoms with Gasteiger partial charge in [0.2, 0.25) is 0 Å². The highest BCUT2D eigenvalue weighted by Crippen LogP contribution is 2.48. The molecule has 2 nitrogen and oxygen atoms in total. The van der Waals surface area contributed by atoms with E-state index < -0.39 is 0 Å². The quantitative estimate of drug-likeness (QED) is 0.129. The van der Waals surface area contributed by atoms with Crippen molar-refractivity contribution in [3.05, 3.63) is 206 Å². The van der Waals surface area contributed by atoms with Gasteiger partial charge in [0.05, 0.1) is 11.4 Å². The molecule has 0 saturated heterocycles. The first-order valence-corrected chi connectivity index (χ1v) is 20.9. The maximum atomic E-state index is 5.35. The summed E-state index contributed by atoms with van der Waals surface area (Å²) in [6, 6.07) is 74.5. The van der Waals surface area contributed by atoms with E-state index in [9.17, 15) is 0 Å². The van der Waals surface area contributed by atoms with Gasteiger partial charge >= 0.3 is 0 Å². The maximum absolute atomic E-state index is 5.35. The molecule has 12 aromatic rings. The first-order chi connectivity index (χ1) is 29.3. The summed E-state index contributed by atoms with van der Waals surface area (Å²) in [6.07, 6.45) is 0. The molecule has 0 N–H and O–H groups in total. The van der Waals surface area contributed by atoms with Gasteiger partial charge in [0, 0.05) is 36.9 Å². The molecule has 0 radical (unpaired) electrons. The highest BCUT2D eigenvalue weighted by molar-refractivity contribution is 7.26. The predicted molar refractivity (Wildman–Crippen MR) is 252 cm³/mol. The molecule has 0 amide bonds. The zero-order valence-corrected chi connectivity index (χ0v) is 32.7. The summed E-state index contributed by atoms with van der Waals surface area (Å²) < 4.78 is 2.52. The van der Waals surface area contributed by atoms with Crippen LogP contribution in [-0.4, -0.2) is 9.97 Å². The van der Waals surface area contributed by atoms with Gasteiger partial charge in [-0.05, 0) is 77.5 Å². The number of benzene rings is 10. The molecule has 2 heterocycles. The predicted octanol–water partition coefficient (Wildman–Crippen LogP) is 15.8. The van der Waals surface area contributed by atoms with Crippen molar-refractivity contribution in [1.82, 2.24) is 9.97 Å². The van der Waals surface area contributed by atoms with E-state index in [0.717, 1.165) is 33.5 Å². The van der Waals surface area contributed by atoms with Crippen LogP contribution in [0.1, 0.15) is 0 Å². The lowest BCUT2D eigenvalue weighted by Gasteiger charge is -2.21. The number of rotatable bonds is 5. The molecule has 0 aliphatic heterocycles. The van der Waals surface area contributed by atoms with Crippen LogP contribution in [0.4, 0.5) is 0 Å². The smallest absolute Gasteiger partial charge is 0.160 e. The normalized spacial score (nSPS) is 11.7. The van der Waals surface area contributed by atoms with Gasteiger partial charge in [-0.15, -0.1) is 11.3 Å². The second-order valence-corrected chi connectivity index (χ2v) is 16.2. The fourth-order valence-corrected chi connectivity index (χ4v) is 10.5. The molecule has 0 bridgehead atoms. The van der Waals surface area contributed by atoms with E-state index in [4.69, 9.17) is 9.97 Å². The lowest BCUT2D eigenvalue weighted by Crippen LogP contribution is -1.97. The highest BCUT2D eigenvalue weighted by Gasteiger charge is 2.22. The number of fused-ring (bicyclic) bond motifs is 8. The van der Waals surface area contributed by atoms with E-state index >= 15 is 0 Å². The number of nitrogens with zero attached hydrogens (tertiary/aromatic N) is 2. The monoisotopic (exact) mass is 766 g/mol. The largest absolute Gasteiger partial charge is 0.228 e. The van der Waals surface area contributed by atoms with E-state index in [1.54, 1.807) is 0 Å². The second-order valence-electron chi connectivity index (χ2n) is 15.2. The van der Waals surface area contributed by atoms with Gasteiger partial charge in [0.15, 0.2) is 5.82 Å². The first kappa shape index (κ1) is 33.7. The van der Waals surface area contributed by atoms with Gasteiger partial charge in [-0.2, -0.15) is 0 Å². The molecule has 274 valence electrons. The molecule has 12 rings (SSSR count). The van der Waals surface area contributed by atoms with Crippen molar-refractivity contribution in [3.63, 3.8) is 0 Å². The van der Waals surface area contributed by atoms with Crippen LogP contribution in [0, 0.1) is 0 Å². The summed E-state index contributed by atoms with van der Waals surface area (Å²) in [5.41, 5.74) is 9.94. The SMILES string of the molecule is c1ccc(-c2nc(-c3ccc(-c4c5ccccc5c(-c5ccccc5)c5c4ccc4ccccc45)c4ccccc34)cc(-c3cccc4c3sc3ccccc34)n2)cc1. The lowest BCUT2D eigenvalue weighted by molar-refractivity contribution is 1.19. The molecule has 0 unspecified atom stereocenters. The molecule has 2 aromatic heterocycles. The molecular weight excluding hydrogens is 733 g/mol. The summed E-state index contributed by atoms with van der Waals surface area (Å²) in [6.45, 7) is 0. The van der Waals surface area contributed by atoms with Crippen molar-refractivity contribution in [2.24, 2.45) is 0 Å². The van der Waals surface area contributed by atoms with Gasteiger partial charge in [0.25, 0.3) is 0 Å². The Morgan fingerprint density at radius 2 is 0.881 bits per heavy atom. The van der Waals surface area contributed by atoms with Crippen molar-refractivity contribution in [2.45, 2.75) is 0 Å². The van der Waals surface area contributed by atoms with Crippen molar-refractivity contribution in [3.8, 4) is 56.2 Å². The topological polar surface area (TPSA) is 25.8 Å². The van der Waals surface area contributed by atoms with Crippen LogP contribution in [0.15, 0.2) is 206 Å². The zero-order valence-electron chi connectivity index (χ0n) is 31.9. The van der Waals surface area contributed by atoms with Gasteiger partial charge in [-0.3, -0.25) is 0 Å². The number of hydrogen-bond acceptors (Lipinski definition) is 3. The zero-order chi connectivity index (χ0) is 38.9. The third-order valence-corrected chi connectivity index (χ3v) is 13.1. The molecule has 10 aromatic carbocycles. The fraction of sp³-hybridized carbons (Fsp3) is 0. The van der Waals surface area contributed by atoms with E-state index in [1.165, 1.54) is 80.1 Å². The average molecular weight is 767 g/mol. The molecule has 59 heavy (non-hydrogen) atoms. The maximum Gasteiger partial charge on any atom is 0.160 e. The Morgan fingerprint density at radius 1 is 0.322 bits per heavy atom. The number of aromatic nitrogens is 2. The molecule has 0 spiro atoms. The van der Waals surface area contributed by atoms with Crippen LogP contribution >= 0.6 is 11.3 Å². The second kappa shape index (κ2) is 13.6. The van der Waals surface area contributed by atoms with E-state index in [-0.39, 0.29) is 0 Å². The summed E-state index contributed by atoms with van der Waals surface area (Å²) in [5, 5.41) is 12.4. The summed E-state index contributed by atoms with van der Waals surface area (Å²) in [4.78, 5) is 10.6. The first-order valence-electron chi connectivity index (χ1n) is 20.1. The van der Waals surface area contributed by atoms with Gasteiger partial charge < -0.3 is 0 Å². The third kappa shape index (κ3) is 5.40. The Bertz CT molecular complexity index is 3610. The van der Waals surface area contributed by atoms with Crippen LogP contribution in [0.2, 0.25) is 0 Å². The molecule has 0 aliphatic carbocycles. The van der Waals surface area contributed by atoms with Crippen molar-refractivity contribution in [1.29, 1.82) is 0 Å². The molecular formula is C56H34N2S. The van der Waals surface area contributed by atoms with Crippen LogP contribution in [-0.2, 0) is 0 Å². The molecule has 3 heteroatoms. The van der Waals surface area contributed by atoms with Crippen LogP contribution in [0.3, 0.4) is 0 Å². The molecule has 0 fully saturated rings. The summed E-state index contributed by atoms with van der Waals surface area (Å²) in [5.74, 6) is 0.713. The van der Waals surface area contributed by atoms with Crippen LogP contribution in [0.25, 0.3) is 119 Å². The van der Waals surface area contributed by atoms with Gasteiger partial charge in [-0.25, -0.2) is 9.97 Å². The van der Waals surface area contributed by atoms with Gasteiger partial charge in [-0.1, -0.05) is 194 Å². The van der Waals surface area contributed by atoms with E-state index in [2.05, 4.69) is 200 Å². The molecule has 0 aliphatic rings. The van der Waals surface area contributed by atoms with E-state index in [0.29, 0.717) is 5.82 Å².